The second kappa shape index (κ2) is 6.27. The Balaban J connectivity index is 2.42. The Labute approximate surface area is 122 Å². The van der Waals surface area contributed by atoms with Crippen molar-refractivity contribution in [1.29, 1.82) is 0 Å². The van der Waals surface area contributed by atoms with Gasteiger partial charge in [0.1, 0.15) is 0 Å². The highest BCUT2D eigenvalue weighted by Gasteiger charge is 2.24. The molecule has 1 atom stereocenters. The molecule has 0 aromatic heterocycles. The molecular formula is C16H25NO2S. The summed E-state index contributed by atoms with van der Waals surface area (Å²) in [5.74, 6) is 0.637. The van der Waals surface area contributed by atoms with Crippen LogP contribution in [0.3, 0.4) is 0 Å². The molecule has 0 amide bonds. The van der Waals surface area contributed by atoms with Gasteiger partial charge in [-0.3, -0.25) is 0 Å². The molecule has 0 bridgehead atoms. The van der Waals surface area contributed by atoms with Gasteiger partial charge in [0.25, 0.3) is 0 Å². The maximum absolute atomic E-state index is 11.7. The molecule has 1 aromatic rings. The van der Waals surface area contributed by atoms with Crippen LogP contribution in [-0.2, 0) is 22.0 Å². The number of likely N-dealkylation sites (tertiary alicyclic amines) is 1. The fourth-order valence-electron chi connectivity index (χ4n) is 3.31. The molecule has 2 rings (SSSR count). The summed E-state index contributed by atoms with van der Waals surface area (Å²) in [6.07, 6.45) is 4.64. The van der Waals surface area contributed by atoms with E-state index in [-0.39, 0.29) is 5.75 Å². The summed E-state index contributed by atoms with van der Waals surface area (Å²) in [5.41, 5.74) is 3.62. The fraction of sp³-hybridized carbons (Fsp3) is 0.625. The van der Waals surface area contributed by atoms with E-state index in [4.69, 9.17) is 0 Å². The minimum Gasteiger partial charge on any atom is -0.306 e. The van der Waals surface area contributed by atoms with E-state index >= 15 is 0 Å². The molecule has 0 N–H and O–H groups in total. The van der Waals surface area contributed by atoms with Crippen LogP contribution in [-0.4, -0.2) is 39.7 Å². The lowest BCUT2D eigenvalue weighted by molar-refractivity contribution is 0.250. The van der Waals surface area contributed by atoms with Crippen molar-refractivity contribution in [3.63, 3.8) is 0 Å². The first kappa shape index (κ1) is 15.5. The van der Waals surface area contributed by atoms with Crippen molar-refractivity contribution in [3.8, 4) is 0 Å². The number of piperidine rings is 1. The molecule has 112 valence electrons. The third-order valence-corrected chi connectivity index (χ3v) is 4.95. The molecule has 1 fully saturated rings. The predicted octanol–water partition coefficient (Wildman–Crippen LogP) is 2.60. The van der Waals surface area contributed by atoms with E-state index in [0.29, 0.717) is 5.92 Å². The van der Waals surface area contributed by atoms with Gasteiger partial charge in [-0.1, -0.05) is 25.1 Å². The Bertz CT molecular complexity index is 566. The smallest absolute Gasteiger partial charge is 0.151 e. The van der Waals surface area contributed by atoms with Crippen LogP contribution in [0, 0.1) is 0 Å². The van der Waals surface area contributed by atoms with E-state index in [1.54, 1.807) is 0 Å². The Hall–Kier alpha value is -0.870. The average molecular weight is 295 g/mol. The highest BCUT2D eigenvalue weighted by molar-refractivity contribution is 7.89. The van der Waals surface area contributed by atoms with Crippen molar-refractivity contribution in [2.24, 2.45) is 0 Å². The van der Waals surface area contributed by atoms with E-state index in [0.717, 1.165) is 31.5 Å². The monoisotopic (exact) mass is 295 g/mol. The highest BCUT2D eigenvalue weighted by atomic mass is 32.2. The number of nitrogens with zero attached hydrogens (tertiary/aromatic N) is 1. The van der Waals surface area contributed by atoms with Gasteiger partial charge in [0.15, 0.2) is 9.84 Å². The molecule has 1 heterocycles. The molecular weight excluding hydrogens is 270 g/mol. The van der Waals surface area contributed by atoms with Crippen LogP contribution in [0.25, 0.3) is 0 Å². The first-order valence-corrected chi connectivity index (χ1v) is 9.43. The van der Waals surface area contributed by atoms with Crippen LogP contribution in [0.4, 0.5) is 0 Å². The third kappa shape index (κ3) is 3.83. The molecule has 3 nitrogen and oxygen atoms in total. The van der Waals surface area contributed by atoms with Gasteiger partial charge >= 0.3 is 0 Å². The summed E-state index contributed by atoms with van der Waals surface area (Å²) in [4.78, 5) is 2.35. The molecule has 1 aliphatic heterocycles. The maximum Gasteiger partial charge on any atom is 0.151 e. The lowest BCUT2D eigenvalue weighted by Crippen LogP contribution is -2.31. The number of rotatable bonds is 4. The average Bonchev–Trinajstić information content (AvgIpc) is 2.36. The zero-order valence-corrected chi connectivity index (χ0v) is 13.5. The Morgan fingerprint density at radius 2 is 2.00 bits per heavy atom. The first-order chi connectivity index (χ1) is 9.40. The summed E-state index contributed by atoms with van der Waals surface area (Å²) in [7, 11) is -0.841. The number of hydrogen-bond donors (Lipinski definition) is 0. The molecule has 0 spiro atoms. The van der Waals surface area contributed by atoms with E-state index in [9.17, 15) is 8.42 Å². The quantitative estimate of drug-likeness (QED) is 0.857. The van der Waals surface area contributed by atoms with Crippen LogP contribution in [0.1, 0.15) is 42.4 Å². The van der Waals surface area contributed by atoms with Crippen molar-refractivity contribution in [2.45, 2.75) is 37.9 Å². The van der Waals surface area contributed by atoms with Crippen molar-refractivity contribution < 1.29 is 8.42 Å². The van der Waals surface area contributed by atoms with E-state index in [1.807, 2.05) is 12.1 Å². The van der Waals surface area contributed by atoms with E-state index in [2.05, 4.69) is 24.9 Å². The van der Waals surface area contributed by atoms with Crippen molar-refractivity contribution in [3.05, 3.63) is 34.9 Å². The van der Waals surface area contributed by atoms with Crippen LogP contribution in [0.15, 0.2) is 18.2 Å². The topological polar surface area (TPSA) is 37.4 Å². The Morgan fingerprint density at radius 1 is 1.30 bits per heavy atom. The Kier molecular flexibility index (Phi) is 4.86. The zero-order valence-electron chi connectivity index (χ0n) is 12.7. The van der Waals surface area contributed by atoms with Crippen LogP contribution in [0.5, 0.6) is 0 Å². The summed E-state index contributed by atoms with van der Waals surface area (Å²) in [6, 6.07) is 6.13. The van der Waals surface area contributed by atoms with Crippen molar-refractivity contribution in [1.82, 2.24) is 4.90 Å². The van der Waals surface area contributed by atoms with E-state index < -0.39 is 9.84 Å². The van der Waals surface area contributed by atoms with Crippen LogP contribution in [0.2, 0.25) is 0 Å². The minimum atomic E-state index is -2.99. The number of benzene rings is 1. The van der Waals surface area contributed by atoms with Gasteiger partial charge in [0.05, 0.1) is 5.75 Å². The second-order valence-electron chi connectivity index (χ2n) is 6.01. The van der Waals surface area contributed by atoms with Gasteiger partial charge in [0, 0.05) is 12.8 Å². The molecule has 0 aliphatic carbocycles. The molecule has 0 radical (unpaired) electrons. The Morgan fingerprint density at radius 3 is 2.60 bits per heavy atom. The summed E-state index contributed by atoms with van der Waals surface area (Å²) >= 11 is 0. The highest BCUT2D eigenvalue weighted by Crippen LogP contribution is 2.32. The lowest BCUT2D eigenvalue weighted by atomic mass is 9.84. The van der Waals surface area contributed by atoms with Crippen LogP contribution >= 0.6 is 0 Å². The maximum atomic E-state index is 11.7. The number of sulfone groups is 1. The van der Waals surface area contributed by atoms with Gasteiger partial charge in [0.2, 0.25) is 0 Å². The summed E-state index contributed by atoms with van der Waals surface area (Å²) < 4.78 is 23.4. The fourth-order valence-corrected chi connectivity index (χ4v) is 4.13. The summed E-state index contributed by atoms with van der Waals surface area (Å²) in [6.45, 7) is 4.33. The van der Waals surface area contributed by atoms with Gasteiger partial charge < -0.3 is 4.90 Å². The molecule has 1 unspecified atom stereocenters. The van der Waals surface area contributed by atoms with Crippen molar-refractivity contribution >= 4 is 9.84 Å². The molecule has 0 saturated carbocycles. The number of aryl methyl sites for hydroxylation is 1. The van der Waals surface area contributed by atoms with Gasteiger partial charge in [-0.05, 0) is 55.5 Å². The molecule has 20 heavy (non-hydrogen) atoms. The lowest BCUT2D eigenvalue weighted by Gasteiger charge is -2.32. The largest absolute Gasteiger partial charge is 0.306 e. The van der Waals surface area contributed by atoms with Gasteiger partial charge in [-0.25, -0.2) is 8.42 Å². The second-order valence-corrected chi connectivity index (χ2v) is 8.16. The number of hydrogen-bond acceptors (Lipinski definition) is 3. The van der Waals surface area contributed by atoms with E-state index in [1.165, 1.54) is 23.8 Å². The van der Waals surface area contributed by atoms with Crippen LogP contribution < -0.4 is 0 Å². The standard InChI is InChI=1S/C16H25NO2S/c1-4-13-7-5-8-15(12-20(3,18)19)16(13)14-9-6-10-17(2)11-14/h5,7-8,14H,4,6,9-12H2,1-3H3. The first-order valence-electron chi connectivity index (χ1n) is 7.37. The van der Waals surface area contributed by atoms with Gasteiger partial charge in [-0.15, -0.1) is 0 Å². The van der Waals surface area contributed by atoms with Gasteiger partial charge in [-0.2, -0.15) is 0 Å². The number of likely N-dealkylation sites (N-methyl/N-ethyl adjacent to an activating group) is 1. The SMILES string of the molecule is CCc1cccc(CS(C)(=O)=O)c1C1CCCN(C)C1. The normalized spacial score (nSPS) is 21.1. The minimum absolute atomic E-state index is 0.163. The zero-order chi connectivity index (χ0) is 14.8. The summed E-state index contributed by atoms with van der Waals surface area (Å²) in [5, 5.41) is 0. The molecule has 1 aliphatic rings. The van der Waals surface area contributed by atoms with Crippen molar-refractivity contribution in [2.75, 3.05) is 26.4 Å². The molecule has 1 aromatic carbocycles. The molecule has 1 saturated heterocycles. The third-order valence-electron chi connectivity index (χ3n) is 4.12. The molecule has 4 heteroatoms. The predicted molar refractivity (Wildman–Crippen MR) is 83.8 cm³/mol.